The number of esters is 1. The Morgan fingerprint density at radius 3 is 2.13 bits per heavy atom. The lowest BCUT2D eigenvalue weighted by atomic mass is 9.47. The van der Waals surface area contributed by atoms with Crippen LogP contribution in [0.15, 0.2) is 23.8 Å². The Hall–Kier alpha value is -1.05. The summed E-state index contributed by atoms with van der Waals surface area (Å²) in [6.45, 7) is 14.9. The highest BCUT2D eigenvalue weighted by atomic mass is 16.5. The van der Waals surface area contributed by atoms with Gasteiger partial charge in [-0.05, 0) is 104 Å². The van der Waals surface area contributed by atoms with Crippen LogP contribution in [0.5, 0.6) is 0 Å². The molecule has 0 unspecified atom stereocenters. The van der Waals surface area contributed by atoms with E-state index in [9.17, 15) is 4.79 Å². The van der Waals surface area contributed by atoms with Gasteiger partial charge in [0.1, 0.15) is 6.10 Å². The van der Waals surface area contributed by atoms with Gasteiger partial charge in [-0.2, -0.15) is 0 Å². The van der Waals surface area contributed by atoms with Gasteiger partial charge in [0.25, 0.3) is 0 Å². The molecule has 0 aliphatic heterocycles. The summed E-state index contributed by atoms with van der Waals surface area (Å²) in [5, 5.41) is 0. The lowest BCUT2D eigenvalue weighted by Crippen LogP contribution is -2.51. The zero-order chi connectivity index (χ0) is 33.7. The van der Waals surface area contributed by atoms with Crippen LogP contribution in [0.3, 0.4) is 0 Å². The van der Waals surface area contributed by atoms with Gasteiger partial charge < -0.3 is 4.74 Å². The van der Waals surface area contributed by atoms with Crippen LogP contribution in [0.1, 0.15) is 202 Å². The summed E-state index contributed by atoms with van der Waals surface area (Å²) >= 11 is 0. The predicted molar refractivity (Wildman–Crippen MR) is 202 cm³/mol. The zero-order valence-electron chi connectivity index (χ0n) is 32.3. The number of unbranched alkanes of at least 4 members (excludes halogenated alkanes) is 13. The molecule has 0 aromatic heterocycles. The Bertz CT molecular complexity index is 976. The van der Waals surface area contributed by atoms with E-state index in [2.05, 4.69) is 53.7 Å². The second-order valence-corrected chi connectivity index (χ2v) is 18.0. The standard InChI is InChI=1S/C45H78O2/c1-7-8-9-10-11-12-13-14-15-16-17-18-19-20-21-25-43(46)47-38-30-32-44(5)37(34-38)26-27-39-41-29-28-40(36(4)24-22-23-35(2)3)45(41,6)33-31-42(39)44/h21,25-26,35-36,38-42H,7-20,22-24,27-34H2,1-6H3/b25-21+/t36-,38+,39+,40-,41+,42+,44+,45-/m1/s1. The molecule has 3 fully saturated rings. The summed E-state index contributed by atoms with van der Waals surface area (Å²) < 4.78 is 6.05. The van der Waals surface area contributed by atoms with Gasteiger partial charge in [0, 0.05) is 12.5 Å². The molecule has 0 radical (unpaired) electrons. The molecule has 4 aliphatic carbocycles. The number of hydrogen-bond acceptors (Lipinski definition) is 2. The number of carbonyl (C=O) groups excluding carboxylic acids is 1. The first kappa shape index (κ1) is 38.7. The molecule has 0 bridgehead atoms. The van der Waals surface area contributed by atoms with Crippen LogP contribution in [0.4, 0.5) is 0 Å². The molecule has 8 atom stereocenters. The third kappa shape index (κ3) is 10.7. The molecule has 0 amide bonds. The van der Waals surface area contributed by atoms with Crippen molar-refractivity contribution in [2.75, 3.05) is 0 Å². The third-order valence-corrected chi connectivity index (χ3v) is 14.3. The number of carbonyl (C=O) groups is 1. The van der Waals surface area contributed by atoms with Crippen molar-refractivity contribution in [3.05, 3.63) is 23.8 Å². The first-order valence-electron chi connectivity index (χ1n) is 21.3. The molecule has 2 heteroatoms. The highest BCUT2D eigenvalue weighted by Crippen LogP contribution is 2.67. The summed E-state index contributed by atoms with van der Waals surface area (Å²) in [5.41, 5.74) is 2.49. The van der Waals surface area contributed by atoms with Crippen LogP contribution >= 0.6 is 0 Å². The van der Waals surface area contributed by atoms with Crippen LogP contribution in [-0.2, 0) is 9.53 Å². The molecular formula is C45H78O2. The Morgan fingerprint density at radius 1 is 0.809 bits per heavy atom. The van der Waals surface area contributed by atoms with Crippen LogP contribution in [0.25, 0.3) is 0 Å². The monoisotopic (exact) mass is 651 g/mol. The van der Waals surface area contributed by atoms with Crippen molar-refractivity contribution in [3.63, 3.8) is 0 Å². The molecular weight excluding hydrogens is 572 g/mol. The van der Waals surface area contributed by atoms with Gasteiger partial charge in [-0.1, -0.05) is 156 Å². The van der Waals surface area contributed by atoms with E-state index in [4.69, 9.17) is 4.74 Å². The minimum atomic E-state index is -0.115. The van der Waals surface area contributed by atoms with Gasteiger partial charge in [0.05, 0.1) is 0 Å². The van der Waals surface area contributed by atoms with Gasteiger partial charge in [-0.15, -0.1) is 0 Å². The minimum absolute atomic E-state index is 0.0655. The van der Waals surface area contributed by atoms with Gasteiger partial charge in [-0.3, -0.25) is 0 Å². The molecule has 2 nitrogen and oxygen atoms in total. The molecule has 0 saturated heterocycles. The van der Waals surface area contributed by atoms with Crippen LogP contribution in [0.2, 0.25) is 0 Å². The first-order valence-corrected chi connectivity index (χ1v) is 21.3. The zero-order valence-corrected chi connectivity index (χ0v) is 32.3. The van der Waals surface area contributed by atoms with Gasteiger partial charge in [0.2, 0.25) is 0 Å². The fourth-order valence-electron chi connectivity index (χ4n) is 11.4. The van der Waals surface area contributed by atoms with Crippen molar-refractivity contribution >= 4 is 5.97 Å². The molecule has 3 saturated carbocycles. The van der Waals surface area contributed by atoms with Crippen molar-refractivity contribution in [1.82, 2.24) is 0 Å². The summed E-state index contributed by atoms with van der Waals surface area (Å²) in [5.74, 6) is 5.11. The van der Waals surface area contributed by atoms with E-state index >= 15 is 0 Å². The number of fused-ring (bicyclic) bond motifs is 5. The van der Waals surface area contributed by atoms with Crippen molar-refractivity contribution in [2.24, 2.45) is 46.3 Å². The van der Waals surface area contributed by atoms with E-state index in [-0.39, 0.29) is 12.1 Å². The van der Waals surface area contributed by atoms with Gasteiger partial charge >= 0.3 is 5.97 Å². The smallest absolute Gasteiger partial charge is 0.330 e. The molecule has 0 aromatic rings. The van der Waals surface area contributed by atoms with E-state index in [1.54, 1.807) is 11.6 Å². The maximum atomic E-state index is 12.7. The second-order valence-electron chi connectivity index (χ2n) is 18.0. The summed E-state index contributed by atoms with van der Waals surface area (Å²) in [7, 11) is 0. The van der Waals surface area contributed by atoms with Crippen molar-refractivity contribution in [2.45, 2.75) is 208 Å². The summed E-state index contributed by atoms with van der Waals surface area (Å²) in [6, 6.07) is 0. The highest BCUT2D eigenvalue weighted by molar-refractivity contribution is 5.82. The molecule has 270 valence electrons. The van der Waals surface area contributed by atoms with Gasteiger partial charge in [0.15, 0.2) is 0 Å². The van der Waals surface area contributed by atoms with E-state index in [0.29, 0.717) is 10.8 Å². The number of hydrogen-bond donors (Lipinski definition) is 0. The largest absolute Gasteiger partial charge is 0.459 e. The van der Waals surface area contributed by atoms with Crippen molar-refractivity contribution < 1.29 is 9.53 Å². The fourth-order valence-corrected chi connectivity index (χ4v) is 11.4. The Kier molecular flexibility index (Phi) is 16.0. The molecule has 4 aliphatic rings. The number of allylic oxidation sites excluding steroid dienone is 2. The van der Waals surface area contributed by atoms with Crippen molar-refractivity contribution in [1.29, 1.82) is 0 Å². The Morgan fingerprint density at radius 2 is 1.47 bits per heavy atom. The maximum Gasteiger partial charge on any atom is 0.330 e. The lowest BCUT2D eigenvalue weighted by Gasteiger charge is -2.58. The topological polar surface area (TPSA) is 26.3 Å². The van der Waals surface area contributed by atoms with Crippen LogP contribution in [0, 0.1) is 46.3 Å². The second kappa shape index (κ2) is 19.4. The average molecular weight is 651 g/mol. The number of ether oxygens (including phenoxy) is 1. The van der Waals surface area contributed by atoms with Crippen LogP contribution in [-0.4, -0.2) is 12.1 Å². The third-order valence-electron chi connectivity index (χ3n) is 14.3. The van der Waals surface area contributed by atoms with Gasteiger partial charge in [-0.25, -0.2) is 4.79 Å². The van der Waals surface area contributed by atoms with E-state index in [1.165, 1.54) is 141 Å². The van der Waals surface area contributed by atoms with Crippen LogP contribution < -0.4 is 0 Å². The molecule has 47 heavy (non-hydrogen) atoms. The Balaban J connectivity index is 1.13. The average Bonchev–Trinajstić information content (AvgIpc) is 3.40. The highest BCUT2D eigenvalue weighted by Gasteiger charge is 2.59. The lowest BCUT2D eigenvalue weighted by molar-refractivity contribution is -0.145. The first-order chi connectivity index (χ1) is 22.7. The van der Waals surface area contributed by atoms with E-state index in [0.717, 1.165) is 54.8 Å². The normalized spacial score (nSPS) is 32.6. The summed E-state index contributed by atoms with van der Waals surface area (Å²) in [4.78, 5) is 12.7. The maximum absolute atomic E-state index is 12.7. The summed E-state index contributed by atoms with van der Waals surface area (Å²) in [6.07, 6.45) is 39.9. The number of rotatable bonds is 21. The molecule has 4 rings (SSSR count). The molecule has 0 heterocycles. The molecule has 0 aromatic carbocycles. The SMILES string of the molecule is CCCCCCCCCCCCCCC/C=C/C(=O)O[C@H]1CC[C@@]2(C)C(=CC[C@H]3[C@@H]4CC[C@H]([C@H](C)CCCC(C)C)[C@@]4(C)CC[C@@H]32)C1. The fraction of sp³-hybridized carbons (Fsp3) is 0.889. The Labute approximate surface area is 293 Å². The minimum Gasteiger partial charge on any atom is -0.459 e. The quantitative estimate of drug-likeness (QED) is 0.0535. The predicted octanol–water partition coefficient (Wildman–Crippen LogP) is 14.0. The molecule has 0 spiro atoms. The van der Waals surface area contributed by atoms with E-state index in [1.807, 2.05) is 0 Å². The molecule has 0 N–H and O–H groups in total. The van der Waals surface area contributed by atoms with E-state index < -0.39 is 0 Å². The van der Waals surface area contributed by atoms with Crippen molar-refractivity contribution in [3.8, 4) is 0 Å².